The zero-order valence-corrected chi connectivity index (χ0v) is 16.8. The van der Waals surface area contributed by atoms with Crippen molar-refractivity contribution < 1.29 is 4.39 Å². The van der Waals surface area contributed by atoms with Crippen molar-refractivity contribution >= 4 is 16.6 Å². The Hall–Kier alpha value is -2.66. The van der Waals surface area contributed by atoms with Crippen LogP contribution >= 0.6 is 0 Å². The second-order valence-electron chi connectivity index (χ2n) is 8.36. The van der Waals surface area contributed by atoms with Gasteiger partial charge in [-0.1, -0.05) is 0 Å². The number of anilines is 1. The molecule has 1 saturated heterocycles. The molecule has 1 aliphatic heterocycles. The number of fused-ring (bicyclic) bond motifs is 1. The summed E-state index contributed by atoms with van der Waals surface area (Å²) in [4.78, 5) is 29.1. The van der Waals surface area contributed by atoms with E-state index in [-0.39, 0.29) is 17.5 Å². The van der Waals surface area contributed by atoms with Crippen LogP contribution in [-0.2, 0) is 0 Å². The molecule has 2 fully saturated rings. The number of aromatic amines is 1. The molecule has 1 aromatic carbocycles. The van der Waals surface area contributed by atoms with Crippen molar-refractivity contribution in [2.45, 2.75) is 51.6 Å². The fourth-order valence-corrected chi connectivity index (χ4v) is 4.42. The standard InChI is InChI=1S/C21H26FN5O2/c1-12(5-7-23)24-10-14-6-8-26(11-14)19-13(2)18-16(9-17(19)22)20(28)25-21(29)27(18)15-3-4-15/h9,12,14-15,24H,3-6,8,10-11H2,1-2H3,(H,25,28,29). The summed E-state index contributed by atoms with van der Waals surface area (Å²) in [6.07, 6.45) is 3.17. The predicted molar refractivity (Wildman–Crippen MR) is 110 cm³/mol. The summed E-state index contributed by atoms with van der Waals surface area (Å²) in [5.74, 6) is -0.0663. The lowest BCUT2D eigenvalue weighted by Gasteiger charge is -2.24. The van der Waals surface area contributed by atoms with Crippen LogP contribution in [0, 0.1) is 30.0 Å². The molecule has 4 rings (SSSR count). The average Bonchev–Trinajstić information content (AvgIpc) is 3.39. The van der Waals surface area contributed by atoms with Gasteiger partial charge in [0.1, 0.15) is 5.82 Å². The first kappa shape index (κ1) is 19.6. The quantitative estimate of drug-likeness (QED) is 0.777. The zero-order chi connectivity index (χ0) is 20.7. The summed E-state index contributed by atoms with van der Waals surface area (Å²) < 4.78 is 16.7. The SMILES string of the molecule is Cc1c(N2CCC(CNC(C)CC#N)C2)c(F)cc2c(=O)[nH]c(=O)n(C3CC3)c12. The van der Waals surface area contributed by atoms with E-state index >= 15 is 4.39 Å². The maximum atomic E-state index is 15.1. The molecule has 0 amide bonds. The van der Waals surface area contributed by atoms with Crippen molar-refractivity contribution in [3.63, 3.8) is 0 Å². The minimum atomic E-state index is -0.537. The van der Waals surface area contributed by atoms with Gasteiger partial charge in [-0.2, -0.15) is 5.26 Å². The Morgan fingerprint density at radius 3 is 2.83 bits per heavy atom. The largest absolute Gasteiger partial charge is 0.369 e. The van der Waals surface area contributed by atoms with Crippen LogP contribution in [0.2, 0.25) is 0 Å². The number of halogens is 1. The number of nitrogens with zero attached hydrogens (tertiary/aromatic N) is 3. The van der Waals surface area contributed by atoms with E-state index in [1.54, 1.807) is 11.5 Å². The molecule has 7 nitrogen and oxygen atoms in total. The molecule has 1 saturated carbocycles. The third-order valence-corrected chi connectivity index (χ3v) is 6.05. The maximum Gasteiger partial charge on any atom is 0.329 e. The first-order valence-corrected chi connectivity index (χ1v) is 10.2. The zero-order valence-electron chi connectivity index (χ0n) is 16.8. The Morgan fingerprint density at radius 2 is 2.14 bits per heavy atom. The van der Waals surface area contributed by atoms with Gasteiger partial charge in [-0.25, -0.2) is 9.18 Å². The highest BCUT2D eigenvalue weighted by Gasteiger charge is 2.31. The van der Waals surface area contributed by atoms with Crippen molar-refractivity contribution in [2.75, 3.05) is 24.5 Å². The summed E-state index contributed by atoms with van der Waals surface area (Å²) >= 11 is 0. The molecule has 0 bridgehead atoms. The Morgan fingerprint density at radius 1 is 1.38 bits per heavy atom. The third-order valence-electron chi connectivity index (χ3n) is 6.05. The second kappa shape index (κ2) is 7.64. The van der Waals surface area contributed by atoms with Crippen LogP contribution in [0.25, 0.3) is 10.9 Å². The molecular weight excluding hydrogens is 373 g/mol. The Balaban J connectivity index is 1.67. The van der Waals surface area contributed by atoms with Gasteiger partial charge in [0, 0.05) is 30.7 Å². The number of rotatable bonds is 6. The first-order valence-electron chi connectivity index (χ1n) is 10.2. The van der Waals surface area contributed by atoms with Crippen molar-refractivity contribution in [2.24, 2.45) is 5.92 Å². The lowest BCUT2D eigenvalue weighted by molar-refractivity contribution is 0.466. The van der Waals surface area contributed by atoms with Gasteiger partial charge in [0.15, 0.2) is 0 Å². The lowest BCUT2D eigenvalue weighted by Crippen LogP contribution is -2.33. The maximum absolute atomic E-state index is 15.1. The fraction of sp³-hybridized carbons (Fsp3) is 0.571. The molecule has 2 aliphatic rings. The van der Waals surface area contributed by atoms with Gasteiger partial charge >= 0.3 is 5.69 Å². The number of benzene rings is 1. The van der Waals surface area contributed by atoms with Crippen LogP contribution in [0.15, 0.2) is 15.7 Å². The van der Waals surface area contributed by atoms with Gasteiger partial charge < -0.3 is 10.2 Å². The minimum absolute atomic E-state index is 0.0796. The molecular formula is C21H26FN5O2. The average molecular weight is 399 g/mol. The van der Waals surface area contributed by atoms with E-state index in [0.29, 0.717) is 35.7 Å². The monoisotopic (exact) mass is 399 g/mol. The van der Waals surface area contributed by atoms with Gasteiger partial charge in [0.05, 0.1) is 29.1 Å². The number of nitriles is 1. The lowest BCUT2D eigenvalue weighted by atomic mass is 10.1. The van der Waals surface area contributed by atoms with Crippen molar-refractivity contribution in [1.29, 1.82) is 5.26 Å². The molecule has 2 heterocycles. The number of hydrogen-bond donors (Lipinski definition) is 2. The van der Waals surface area contributed by atoms with Crippen LogP contribution in [0.4, 0.5) is 10.1 Å². The Kier molecular flexibility index (Phi) is 5.17. The van der Waals surface area contributed by atoms with Crippen molar-refractivity contribution in [1.82, 2.24) is 14.9 Å². The van der Waals surface area contributed by atoms with Gasteiger partial charge in [0.25, 0.3) is 5.56 Å². The molecule has 0 radical (unpaired) electrons. The van der Waals surface area contributed by atoms with E-state index in [0.717, 1.165) is 32.4 Å². The predicted octanol–water partition coefficient (Wildman–Crippen LogP) is 2.19. The van der Waals surface area contributed by atoms with Gasteiger partial charge in [0.2, 0.25) is 0 Å². The third kappa shape index (κ3) is 3.67. The van der Waals surface area contributed by atoms with E-state index < -0.39 is 17.1 Å². The minimum Gasteiger partial charge on any atom is -0.369 e. The van der Waals surface area contributed by atoms with Gasteiger partial charge in [-0.3, -0.25) is 14.3 Å². The molecule has 29 heavy (non-hydrogen) atoms. The van der Waals surface area contributed by atoms with Crippen LogP contribution in [0.1, 0.15) is 44.2 Å². The summed E-state index contributed by atoms with van der Waals surface area (Å²) in [7, 11) is 0. The Bertz CT molecular complexity index is 1100. The molecule has 2 unspecified atom stereocenters. The number of nitrogens with one attached hydrogen (secondary N) is 2. The number of aryl methyl sites for hydroxylation is 1. The highest BCUT2D eigenvalue weighted by molar-refractivity contribution is 5.87. The molecule has 8 heteroatoms. The van der Waals surface area contributed by atoms with Crippen LogP contribution in [0.3, 0.4) is 0 Å². The molecule has 1 aliphatic carbocycles. The summed E-state index contributed by atoms with van der Waals surface area (Å²) in [5, 5.41) is 12.4. The van der Waals surface area contributed by atoms with Gasteiger partial charge in [-0.15, -0.1) is 0 Å². The van der Waals surface area contributed by atoms with Crippen molar-refractivity contribution in [3.8, 4) is 6.07 Å². The molecule has 2 N–H and O–H groups in total. The Labute approximate surface area is 168 Å². The van der Waals surface area contributed by atoms with E-state index in [1.165, 1.54) is 6.07 Å². The molecule has 2 aromatic rings. The second-order valence-corrected chi connectivity index (χ2v) is 8.36. The highest BCUT2D eigenvalue weighted by Crippen LogP contribution is 2.39. The molecule has 154 valence electrons. The summed E-state index contributed by atoms with van der Waals surface area (Å²) in [5.41, 5.74) is 0.749. The smallest absolute Gasteiger partial charge is 0.329 e. The number of hydrogen-bond acceptors (Lipinski definition) is 5. The van der Waals surface area contributed by atoms with E-state index in [4.69, 9.17) is 5.26 Å². The normalized spacial score (nSPS) is 20.2. The summed E-state index contributed by atoms with van der Waals surface area (Å²) in [6, 6.07) is 3.64. The number of aromatic nitrogens is 2. The number of H-pyrrole nitrogens is 1. The van der Waals surface area contributed by atoms with Crippen LogP contribution in [0.5, 0.6) is 0 Å². The van der Waals surface area contributed by atoms with Crippen LogP contribution in [-0.4, -0.2) is 35.2 Å². The van der Waals surface area contributed by atoms with E-state index in [2.05, 4.69) is 16.4 Å². The molecule has 1 aromatic heterocycles. The topological polar surface area (TPSA) is 93.9 Å². The molecule has 0 spiro atoms. The van der Waals surface area contributed by atoms with Crippen LogP contribution < -0.4 is 21.5 Å². The van der Waals surface area contributed by atoms with E-state index in [1.807, 2.05) is 11.8 Å². The van der Waals surface area contributed by atoms with Crippen molar-refractivity contribution in [3.05, 3.63) is 38.3 Å². The fourth-order valence-electron chi connectivity index (χ4n) is 4.42. The van der Waals surface area contributed by atoms with Gasteiger partial charge in [-0.05, 0) is 51.6 Å². The summed E-state index contributed by atoms with van der Waals surface area (Å²) in [6.45, 7) is 5.99. The van der Waals surface area contributed by atoms with E-state index in [9.17, 15) is 9.59 Å². The highest BCUT2D eigenvalue weighted by atomic mass is 19.1. The molecule has 2 atom stereocenters. The first-order chi connectivity index (χ1) is 13.9.